The number of benzene rings is 3. The van der Waals surface area contributed by atoms with Gasteiger partial charge in [0.1, 0.15) is 0 Å². The third kappa shape index (κ3) is 4.29. The Morgan fingerprint density at radius 2 is 1.71 bits per heavy atom. The maximum absolute atomic E-state index is 13.5. The van der Waals surface area contributed by atoms with Gasteiger partial charge < -0.3 is 4.98 Å². The number of nitrogens with zero attached hydrogens (tertiary/aromatic N) is 3. The Kier molecular flexibility index (Phi) is 5.85. The van der Waals surface area contributed by atoms with Gasteiger partial charge in [0, 0.05) is 47.1 Å². The molecule has 0 unspecified atom stereocenters. The van der Waals surface area contributed by atoms with Crippen molar-refractivity contribution in [2.75, 3.05) is 6.54 Å². The van der Waals surface area contributed by atoms with Crippen LogP contribution in [0.4, 0.5) is 5.69 Å². The van der Waals surface area contributed by atoms with E-state index in [1.54, 1.807) is 12.1 Å². The Labute approximate surface area is 200 Å². The number of aromatic nitrogens is 3. The lowest BCUT2D eigenvalue weighted by molar-refractivity contribution is -0.384. The number of nitro groups is 1. The second-order valence-corrected chi connectivity index (χ2v) is 8.22. The van der Waals surface area contributed by atoms with Crippen LogP contribution in [0.2, 0.25) is 0 Å². The number of nitrogens with one attached hydrogen (secondary N) is 2. The van der Waals surface area contributed by atoms with Crippen LogP contribution in [0.5, 0.6) is 0 Å². The van der Waals surface area contributed by atoms with E-state index in [2.05, 4.69) is 16.1 Å². The molecule has 35 heavy (non-hydrogen) atoms. The van der Waals surface area contributed by atoms with E-state index in [1.807, 2.05) is 61.7 Å². The fourth-order valence-electron chi connectivity index (χ4n) is 4.25. The van der Waals surface area contributed by atoms with Crippen LogP contribution >= 0.6 is 0 Å². The molecule has 0 amide bonds. The van der Waals surface area contributed by atoms with E-state index in [0.29, 0.717) is 29.2 Å². The zero-order chi connectivity index (χ0) is 24.4. The van der Waals surface area contributed by atoms with Crippen LogP contribution in [0.1, 0.15) is 18.1 Å². The molecule has 3 aromatic carbocycles. The first-order chi connectivity index (χ1) is 17.0. The standard InChI is InChI=1S/C27H23N5O3/c1-18(28-16-15-20-17-29-24-10-6-5-9-23(20)24)25-26(19-7-3-2-4-8-19)30-31(27(25)33)21-11-13-22(14-12-21)32(34)35/h2-14,17,29-30H,15-16H2,1H3. The fourth-order valence-corrected chi connectivity index (χ4v) is 4.25. The molecule has 0 bridgehead atoms. The zero-order valence-corrected chi connectivity index (χ0v) is 19.1. The summed E-state index contributed by atoms with van der Waals surface area (Å²) in [6, 6.07) is 23.6. The van der Waals surface area contributed by atoms with Crippen molar-refractivity contribution in [3.8, 4) is 16.9 Å². The Balaban J connectivity index is 1.51. The van der Waals surface area contributed by atoms with Gasteiger partial charge in [0.25, 0.3) is 11.2 Å². The highest BCUT2D eigenvalue weighted by Crippen LogP contribution is 2.23. The predicted molar refractivity (Wildman–Crippen MR) is 138 cm³/mol. The lowest BCUT2D eigenvalue weighted by atomic mass is 10.1. The molecular formula is C27H23N5O3. The number of aliphatic imine (C=N–C) groups is 1. The SMILES string of the molecule is CC(=NCCc1c[nH]c2ccccc12)c1c(-c2ccccc2)[nH]n(-c2ccc([N+](=O)[O-])cc2)c1=O. The van der Waals surface area contributed by atoms with E-state index in [-0.39, 0.29) is 11.2 Å². The van der Waals surface area contributed by atoms with Gasteiger partial charge in [0.2, 0.25) is 0 Å². The third-order valence-electron chi connectivity index (χ3n) is 6.04. The maximum atomic E-state index is 13.5. The first-order valence-electron chi connectivity index (χ1n) is 11.2. The zero-order valence-electron chi connectivity index (χ0n) is 19.1. The largest absolute Gasteiger partial charge is 0.361 e. The molecule has 2 N–H and O–H groups in total. The molecule has 0 aliphatic carbocycles. The van der Waals surface area contributed by atoms with Crippen molar-refractivity contribution in [3.63, 3.8) is 0 Å². The van der Waals surface area contributed by atoms with Crippen LogP contribution in [-0.4, -0.2) is 31.9 Å². The maximum Gasteiger partial charge on any atom is 0.280 e. The summed E-state index contributed by atoms with van der Waals surface area (Å²) in [7, 11) is 0. The number of fused-ring (bicyclic) bond motifs is 1. The van der Waals surface area contributed by atoms with E-state index >= 15 is 0 Å². The molecule has 5 rings (SSSR count). The summed E-state index contributed by atoms with van der Waals surface area (Å²) in [6.45, 7) is 2.37. The Morgan fingerprint density at radius 3 is 2.46 bits per heavy atom. The molecule has 0 radical (unpaired) electrons. The Hall–Kier alpha value is -4.72. The third-order valence-corrected chi connectivity index (χ3v) is 6.04. The summed E-state index contributed by atoms with van der Waals surface area (Å²) < 4.78 is 1.40. The van der Waals surface area contributed by atoms with Crippen molar-refractivity contribution >= 4 is 22.3 Å². The molecule has 0 atom stereocenters. The van der Waals surface area contributed by atoms with E-state index in [1.165, 1.54) is 27.8 Å². The number of hydrogen-bond acceptors (Lipinski definition) is 4. The molecule has 0 fully saturated rings. The summed E-state index contributed by atoms with van der Waals surface area (Å²) in [6.07, 6.45) is 2.74. The summed E-state index contributed by atoms with van der Waals surface area (Å²) in [5.74, 6) is 0. The van der Waals surface area contributed by atoms with Crippen LogP contribution in [0.15, 0.2) is 94.8 Å². The molecule has 5 aromatic rings. The number of aromatic amines is 2. The minimum atomic E-state index is -0.466. The predicted octanol–water partition coefficient (Wildman–Crippen LogP) is 5.27. The van der Waals surface area contributed by atoms with Crippen LogP contribution in [0.3, 0.4) is 0 Å². The molecule has 0 saturated carbocycles. The second kappa shape index (κ2) is 9.26. The smallest absolute Gasteiger partial charge is 0.280 e. The second-order valence-electron chi connectivity index (χ2n) is 8.22. The van der Waals surface area contributed by atoms with Crippen molar-refractivity contribution < 1.29 is 4.92 Å². The average Bonchev–Trinajstić information content (AvgIpc) is 3.45. The topological polar surface area (TPSA) is 109 Å². The molecule has 0 aliphatic heterocycles. The van der Waals surface area contributed by atoms with Gasteiger partial charge in [-0.3, -0.25) is 25.0 Å². The molecule has 2 heterocycles. The Bertz CT molecular complexity index is 1590. The molecule has 2 aromatic heterocycles. The van der Waals surface area contributed by atoms with Crippen LogP contribution in [0.25, 0.3) is 27.8 Å². The summed E-state index contributed by atoms with van der Waals surface area (Å²) in [4.78, 5) is 32.1. The minimum absolute atomic E-state index is 0.0353. The van der Waals surface area contributed by atoms with Crippen LogP contribution in [0, 0.1) is 10.1 Å². The number of hydrogen-bond donors (Lipinski definition) is 2. The van der Waals surface area contributed by atoms with Gasteiger partial charge in [-0.05, 0) is 37.1 Å². The number of H-pyrrole nitrogens is 2. The number of nitro benzene ring substituents is 1. The number of rotatable bonds is 7. The van der Waals surface area contributed by atoms with E-state index < -0.39 is 4.92 Å². The van der Waals surface area contributed by atoms with Gasteiger partial charge >= 0.3 is 0 Å². The molecule has 8 nitrogen and oxygen atoms in total. The number of para-hydroxylation sites is 1. The van der Waals surface area contributed by atoms with E-state index in [0.717, 1.165) is 17.5 Å². The van der Waals surface area contributed by atoms with Crippen molar-refractivity contribution in [2.45, 2.75) is 13.3 Å². The molecule has 174 valence electrons. The van der Waals surface area contributed by atoms with E-state index in [9.17, 15) is 14.9 Å². The number of non-ortho nitro benzene ring substituents is 1. The molecular weight excluding hydrogens is 442 g/mol. The first-order valence-corrected chi connectivity index (χ1v) is 11.2. The summed E-state index contributed by atoms with van der Waals surface area (Å²) in [5, 5.41) is 15.4. The molecule has 0 spiro atoms. The van der Waals surface area contributed by atoms with Crippen LogP contribution < -0.4 is 5.56 Å². The molecule has 0 aliphatic rings. The van der Waals surface area contributed by atoms with Crippen molar-refractivity contribution in [1.29, 1.82) is 0 Å². The van der Waals surface area contributed by atoms with E-state index in [4.69, 9.17) is 4.99 Å². The first kappa shape index (κ1) is 22.1. The highest BCUT2D eigenvalue weighted by atomic mass is 16.6. The lowest BCUT2D eigenvalue weighted by Gasteiger charge is -2.03. The summed E-state index contributed by atoms with van der Waals surface area (Å²) >= 11 is 0. The van der Waals surface area contributed by atoms with Gasteiger partial charge in [-0.15, -0.1) is 0 Å². The van der Waals surface area contributed by atoms with Gasteiger partial charge in [0.15, 0.2) is 0 Å². The average molecular weight is 466 g/mol. The van der Waals surface area contributed by atoms with Crippen molar-refractivity contribution in [3.05, 3.63) is 117 Å². The van der Waals surface area contributed by atoms with Gasteiger partial charge in [-0.1, -0.05) is 48.5 Å². The normalized spacial score (nSPS) is 11.7. The summed E-state index contributed by atoms with van der Waals surface area (Å²) in [5.41, 5.74) is 5.10. The van der Waals surface area contributed by atoms with Crippen molar-refractivity contribution in [2.24, 2.45) is 4.99 Å². The van der Waals surface area contributed by atoms with Crippen molar-refractivity contribution in [1.82, 2.24) is 14.8 Å². The lowest BCUT2D eigenvalue weighted by Crippen LogP contribution is -2.20. The van der Waals surface area contributed by atoms with Crippen LogP contribution in [-0.2, 0) is 6.42 Å². The molecule has 8 heteroatoms. The molecule has 0 saturated heterocycles. The quantitative estimate of drug-likeness (QED) is 0.194. The van der Waals surface area contributed by atoms with Gasteiger partial charge in [0.05, 0.1) is 21.9 Å². The minimum Gasteiger partial charge on any atom is -0.361 e. The monoisotopic (exact) mass is 465 g/mol. The fraction of sp³-hybridized carbons (Fsp3) is 0.111. The van der Waals surface area contributed by atoms with Gasteiger partial charge in [-0.2, -0.15) is 0 Å². The Morgan fingerprint density at radius 1 is 1.00 bits per heavy atom. The highest BCUT2D eigenvalue weighted by molar-refractivity contribution is 6.03. The van der Waals surface area contributed by atoms with Gasteiger partial charge in [-0.25, -0.2) is 4.68 Å². The highest BCUT2D eigenvalue weighted by Gasteiger charge is 2.19.